The molecule has 1 aromatic rings. The summed E-state index contributed by atoms with van der Waals surface area (Å²) in [6.07, 6.45) is 0. The van der Waals surface area contributed by atoms with Gasteiger partial charge < -0.3 is 14.7 Å². The summed E-state index contributed by atoms with van der Waals surface area (Å²) in [5.74, 6) is 0.0510. The Kier molecular flexibility index (Phi) is 7.04. The van der Waals surface area contributed by atoms with Crippen molar-refractivity contribution in [1.29, 1.82) is 0 Å². The maximum atomic E-state index is 10.8. The molecule has 1 aromatic carbocycles. The molecule has 1 N–H and O–H groups in total. The van der Waals surface area contributed by atoms with E-state index in [0.29, 0.717) is 13.2 Å². The van der Waals surface area contributed by atoms with E-state index in [9.17, 15) is 4.79 Å². The fraction of sp³-hybridized carbons (Fsp3) is 0.533. The maximum absolute atomic E-state index is 10.8. The van der Waals surface area contributed by atoms with Crippen molar-refractivity contribution in [3.05, 3.63) is 29.8 Å². The molecule has 0 heterocycles. The van der Waals surface area contributed by atoms with Gasteiger partial charge in [-0.3, -0.25) is 9.69 Å². The van der Waals surface area contributed by atoms with E-state index in [4.69, 9.17) is 9.84 Å². The minimum absolute atomic E-state index is 0.0466. The second-order valence-corrected chi connectivity index (χ2v) is 5.09. The Morgan fingerprint density at radius 1 is 1.20 bits per heavy atom. The molecule has 0 spiro atoms. The van der Waals surface area contributed by atoms with Crippen molar-refractivity contribution in [2.45, 2.75) is 6.92 Å². The van der Waals surface area contributed by atoms with Gasteiger partial charge >= 0.3 is 5.97 Å². The van der Waals surface area contributed by atoms with Gasteiger partial charge in [-0.2, -0.15) is 0 Å². The van der Waals surface area contributed by atoms with Gasteiger partial charge in [-0.1, -0.05) is 18.2 Å². The minimum atomic E-state index is -0.806. The Hall–Kier alpha value is -1.59. The number of para-hydroxylation sites is 1. The molecule has 112 valence electrons. The van der Waals surface area contributed by atoms with Crippen LogP contribution in [0.1, 0.15) is 5.56 Å². The van der Waals surface area contributed by atoms with E-state index < -0.39 is 5.97 Å². The van der Waals surface area contributed by atoms with Gasteiger partial charge in [-0.25, -0.2) is 0 Å². The molecular formula is C15H24N2O3. The molecule has 0 aliphatic heterocycles. The summed E-state index contributed by atoms with van der Waals surface area (Å²) in [7, 11) is 3.95. The normalized spacial score (nSPS) is 11.1. The Morgan fingerprint density at radius 3 is 2.50 bits per heavy atom. The molecule has 0 unspecified atom stereocenters. The van der Waals surface area contributed by atoms with Crippen LogP contribution in [0, 0.1) is 6.92 Å². The Bertz CT molecular complexity index is 421. The van der Waals surface area contributed by atoms with Gasteiger partial charge in [0, 0.05) is 19.6 Å². The fourth-order valence-electron chi connectivity index (χ4n) is 1.81. The smallest absolute Gasteiger partial charge is 0.317 e. The molecule has 20 heavy (non-hydrogen) atoms. The molecule has 0 aliphatic carbocycles. The molecule has 5 nitrogen and oxygen atoms in total. The summed E-state index contributed by atoms with van der Waals surface area (Å²) in [5.41, 5.74) is 1.09. The standard InChI is InChI=1S/C15H24N2O3/c1-13-6-4-5-7-14(13)20-11-10-17(12-15(18)19)9-8-16(2)3/h4-7H,8-12H2,1-3H3,(H,18,19). The summed E-state index contributed by atoms with van der Waals surface area (Å²) >= 11 is 0. The van der Waals surface area contributed by atoms with Crippen LogP contribution in [0.3, 0.4) is 0 Å². The fourth-order valence-corrected chi connectivity index (χ4v) is 1.81. The van der Waals surface area contributed by atoms with Crippen molar-refractivity contribution in [3.8, 4) is 5.75 Å². The van der Waals surface area contributed by atoms with E-state index in [-0.39, 0.29) is 6.54 Å². The van der Waals surface area contributed by atoms with E-state index in [1.165, 1.54) is 0 Å². The number of benzene rings is 1. The van der Waals surface area contributed by atoms with Crippen LogP contribution in [0.2, 0.25) is 0 Å². The van der Waals surface area contributed by atoms with Crippen molar-refractivity contribution in [3.63, 3.8) is 0 Å². The first-order valence-electron chi connectivity index (χ1n) is 6.76. The highest BCUT2D eigenvalue weighted by molar-refractivity contribution is 5.69. The van der Waals surface area contributed by atoms with Crippen LogP contribution in [0.25, 0.3) is 0 Å². The van der Waals surface area contributed by atoms with Crippen molar-refractivity contribution in [2.24, 2.45) is 0 Å². The van der Waals surface area contributed by atoms with Crippen molar-refractivity contribution in [2.75, 3.05) is 46.9 Å². The van der Waals surface area contributed by atoms with Crippen molar-refractivity contribution >= 4 is 5.97 Å². The first kappa shape index (κ1) is 16.5. The monoisotopic (exact) mass is 280 g/mol. The third kappa shape index (κ3) is 6.54. The number of carbonyl (C=O) groups is 1. The topological polar surface area (TPSA) is 53.0 Å². The first-order chi connectivity index (χ1) is 9.49. The lowest BCUT2D eigenvalue weighted by atomic mass is 10.2. The number of hydrogen-bond acceptors (Lipinski definition) is 4. The third-order valence-electron chi connectivity index (χ3n) is 2.98. The van der Waals surface area contributed by atoms with Crippen LogP contribution in [-0.4, -0.2) is 67.8 Å². The molecule has 0 aromatic heterocycles. The number of aryl methyl sites for hydroxylation is 1. The molecular weight excluding hydrogens is 256 g/mol. The first-order valence-corrected chi connectivity index (χ1v) is 6.76. The maximum Gasteiger partial charge on any atom is 0.317 e. The van der Waals surface area contributed by atoms with Crippen LogP contribution < -0.4 is 4.74 Å². The van der Waals surface area contributed by atoms with Crippen LogP contribution in [0.15, 0.2) is 24.3 Å². The summed E-state index contributed by atoms with van der Waals surface area (Å²) < 4.78 is 5.71. The lowest BCUT2D eigenvalue weighted by Crippen LogP contribution is -2.38. The molecule has 0 saturated heterocycles. The SMILES string of the molecule is Cc1ccccc1OCCN(CCN(C)C)CC(=O)O. The van der Waals surface area contributed by atoms with E-state index in [2.05, 4.69) is 0 Å². The third-order valence-corrected chi connectivity index (χ3v) is 2.98. The highest BCUT2D eigenvalue weighted by Gasteiger charge is 2.10. The Labute approximate surface area is 120 Å². The predicted molar refractivity (Wildman–Crippen MR) is 79.3 cm³/mol. The van der Waals surface area contributed by atoms with Crippen molar-refractivity contribution < 1.29 is 14.6 Å². The predicted octanol–water partition coefficient (Wildman–Crippen LogP) is 1.32. The number of ether oxygens (including phenoxy) is 1. The van der Waals surface area contributed by atoms with Crippen LogP contribution in [0.5, 0.6) is 5.75 Å². The number of carboxylic acids is 1. The molecule has 0 fully saturated rings. The molecule has 0 atom stereocenters. The van der Waals surface area contributed by atoms with Gasteiger partial charge in [0.2, 0.25) is 0 Å². The number of hydrogen-bond donors (Lipinski definition) is 1. The molecule has 0 saturated carbocycles. The average molecular weight is 280 g/mol. The van der Waals surface area contributed by atoms with Gasteiger partial charge in [-0.15, -0.1) is 0 Å². The average Bonchev–Trinajstić information content (AvgIpc) is 2.37. The van der Waals surface area contributed by atoms with E-state index in [1.54, 1.807) is 0 Å². The van der Waals surface area contributed by atoms with Gasteiger partial charge in [-0.05, 0) is 32.6 Å². The second kappa shape index (κ2) is 8.55. The molecule has 0 radical (unpaired) electrons. The summed E-state index contributed by atoms with van der Waals surface area (Å²) in [5, 5.41) is 8.91. The number of nitrogens with zero attached hydrogens (tertiary/aromatic N) is 2. The zero-order valence-corrected chi connectivity index (χ0v) is 12.5. The van der Waals surface area contributed by atoms with E-state index in [0.717, 1.165) is 24.4 Å². The van der Waals surface area contributed by atoms with Gasteiger partial charge in [0.05, 0.1) is 6.54 Å². The number of aliphatic carboxylic acids is 1. The Balaban J connectivity index is 2.41. The lowest BCUT2D eigenvalue weighted by Gasteiger charge is -2.22. The van der Waals surface area contributed by atoms with E-state index >= 15 is 0 Å². The van der Waals surface area contributed by atoms with Gasteiger partial charge in [0.15, 0.2) is 0 Å². The number of carboxylic acid groups (broad SMARTS) is 1. The van der Waals surface area contributed by atoms with E-state index in [1.807, 2.05) is 55.1 Å². The summed E-state index contributed by atoms with van der Waals surface area (Å²) in [4.78, 5) is 14.8. The van der Waals surface area contributed by atoms with Gasteiger partial charge in [0.25, 0.3) is 0 Å². The Morgan fingerprint density at radius 2 is 1.90 bits per heavy atom. The number of rotatable bonds is 9. The molecule has 0 amide bonds. The van der Waals surface area contributed by atoms with Crippen molar-refractivity contribution in [1.82, 2.24) is 9.80 Å². The summed E-state index contributed by atoms with van der Waals surface area (Å²) in [6.45, 7) is 4.69. The highest BCUT2D eigenvalue weighted by atomic mass is 16.5. The van der Waals surface area contributed by atoms with Crippen LogP contribution in [0.4, 0.5) is 0 Å². The van der Waals surface area contributed by atoms with Gasteiger partial charge in [0.1, 0.15) is 12.4 Å². The minimum Gasteiger partial charge on any atom is -0.492 e. The summed E-state index contributed by atoms with van der Waals surface area (Å²) in [6, 6.07) is 7.83. The largest absolute Gasteiger partial charge is 0.492 e. The molecule has 0 aliphatic rings. The highest BCUT2D eigenvalue weighted by Crippen LogP contribution is 2.15. The molecule has 1 rings (SSSR count). The number of likely N-dealkylation sites (N-methyl/N-ethyl adjacent to an activating group) is 1. The van der Waals surface area contributed by atoms with Crippen LogP contribution in [-0.2, 0) is 4.79 Å². The second-order valence-electron chi connectivity index (χ2n) is 5.09. The lowest BCUT2D eigenvalue weighted by molar-refractivity contribution is -0.138. The molecule has 0 bridgehead atoms. The zero-order valence-electron chi connectivity index (χ0n) is 12.5. The molecule has 5 heteroatoms. The quantitative estimate of drug-likeness (QED) is 0.739. The van der Waals surface area contributed by atoms with Crippen LogP contribution >= 0.6 is 0 Å². The zero-order chi connectivity index (χ0) is 15.0.